The van der Waals surface area contributed by atoms with E-state index in [1.165, 1.54) is 0 Å². The molecule has 2 aromatic rings. The molecule has 21 heavy (non-hydrogen) atoms. The predicted molar refractivity (Wildman–Crippen MR) is 84.0 cm³/mol. The summed E-state index contributed by atoms with van der Waals surface area (Å²) in [5.74, 6) is 0.828. The number of anilines is 2. The van der Waals surface area contributed by atoms with Crippen LogP contribution in [0.15, 0.2) is 48.5 Å². The van der Waals surface area contributed by atoms with E-state index in [0.29, 0.717) is 30.4 Å². The lowest BCUT2D eigenvalue weighted by Gasteiger charge is -2.16. The Kier molecular flexibility index (Phi) is 3.97. The Morgan fingerprint density at radius 2 is 2.10 bits per heavy atom. The number of halogens is 1. The number of hydrogen-bond donors (Lipinski definition) is 1. The second-order valence-corrected chi connectivity index (χ2v) is 5.25. The van der Waals surface area contributed by atoms with Crippen molar-refractivity contribution in [1.29, 1.82) is 0 Å². The zero-order chi connectivity index (χ0) is 14.7. The second kappa shape index (κ2) is 6.06. The zero-order valence-corrected chi connectivity index (χ0v) is 12.1. The maximum Gasteiger partial charge on any atom is 0.226 e. The Hall–Kier alpha value is -2.20. The van der Waals surface area contributed by atoms with Gasteiger partial charge in [0.1, 0.15) is 5.75 Å². The number of para-hydroxylation sites is 2. The topological polar surface area (TPSA) is 41.6 Å². The molecule has 0 fully saturated rings. The van der Waals surface area contributed by atoms with Gasteiger partial charge in [-0.05, 0) is 30.3 Å². The summed E-state index contributed by atoms with van der Waals surface area (Å²) in [6.07, 6.45) is 0.393. The first kappa shape index (κ1) is 13.8. The minimum Gasteiger partial charge on any atom is -0.471 e. The molecule has 0 atom stereocenters. The summed E-state index contributed by atoms with van der Waals surface area (Å²) in [7, 11) is 0. The minimum absolute atomic E-state index is 0.0401. The fraction of sp³-hybridized carbons (Fsp3) is 0.188. The normalized spacial score (nSPS) is 12.7. The largest absolute Gasteiger partial charge is 0.471 e. The lowest BCUT2D eigenvalue weighted by molar-refractivity contribution is -0.116. The van der Waals surface area contributed by atoms with E-state index < -0.39 is 0 Å². The summed E-state index contributed by atoms with van der Waals surface area (Å²) < 4.78 is 5.55. The average molecular weight is 303 g/mol. The number of amides is 1. The Bertz CT molecular complexity index is 660. The SMILES string of the molecule is O=C(CCN1COc2ccccc21)Nc1cccc(Cl)c1. The molecule has 108 valence electrons. The van der Waals surface area contributed by atoms with Gasteiger partial charge in [-0.2, -0.15) is 0 Å². The molecule has 3 rings (SSSR count). The first-order valence-electron chi connectivity index (χ1n) is 6.74. The molecule has 0 bridgehead atoms. The first-order valence-corrected chi connectivity index (χ1v) is 7.12. The molecule has 0 radical (unpaired) electrons. The van der Waals surface area contributed by atoms with E-state index in [-0.39, 0.29) is 5.91 Å². The standard InChI is InChI=1S/C16H15ClN2O2/c17-12-4-3-5-13(10-12)18-16(20)8-9-19-11-21-15-7-2-1-6-14(15)19/h1-7,10H,8-9,11H2,(H,18,20). The molecule has 0 saturated heterocycles. The van der Waals surface area contributed by atoms with Crippen molar-refractivity contribution in [3.8, 4) is 5.75 Å². The molecule has 0 saturated carbocycles. The Morgan fingerprint density at radius 1 is 1.24 bits per heavy atom. The van der Waals surface area contributed by atoms with Crippen LogP contribution < -0.4 is 15.0 Å². The average Bonchev–Trinajstić information content (AvgIpc) is 2.88. The summed E-state index contributed by atoms with van der Waals surface area (Å²) in [6.45, 7) is 1.10. The minimum atomic E-state index is -0.0401. The third kappa shape index (κ3) is 3.28. The summed E-state index contributed by atoms with van der Waals surface area (Å²) in [5, 5.41) is 3.45. The monoisotopic (exact) mass is 302 g/mol. The summed E-state index contributed by atoms with van der Waals surface area (Å²) in [4.78, 5) is 14.0. The molecule has 5 heteroatoms. The van der Waals surface area contributed by atoms with Gasteiger partial charge in [-0.25, -0.2) is 0 Å². The highest BCUT2D eigenvalue weighted by molar-refractivity contribution is 6.30. The van der Waals surface area contributed by atoms with E-state index in [1.54, 1.807) is 12.1 Å². The van der Waals surface area contributed by atoms with Gasteiger partial charge in [-0.3, -0.25) is 4.79 Å². The maximum absolute atomic E-state index is 12.0. The molecule has 1 N–H and O–H groups in total. The quantitative estimate of drug-likeness (QED) is 0.939. The smallest absolute Gasteiger partial charge is 0.226 e. The van der Waals surface area contributed by atoms with Crippen LogP contribution in [0.2, 0.25) is 5.02 Å². The van der Waals surface area contributed by atoms with E-state index in [0.717, 1.165) is 11.4 Å². The number of carbonyl (C=O) groups excluding carboxylic acids is 1. The van der Waals surface area contributed by atoms with Crippen LogP contribution in [-0.4, -0.2) is 19.2 Å². The van der Waals surface area contributed by atoms with E-state index in [9.17, 15) is 4.79 Å². The molecule has 0 aromatic heterocycles. The molecular weight excluding hydrogens is 288 g/mol. The van der Waals surface area contributed by atoms with E-state index in [4.69, 9.17) is 16.3 Å². The number of benzene rings is 2. The van der Waals surface area contributed by atoms with Gasteiger partial charge >= 0.3 is 0 Å². The van der Waals surface area contributed by atoms with Crippen LogP contribution in [0, 0.1) is 0 Å². The highest BCUT2D eigenvalue weighted by atomic mass is 35.5. The Balaban J connectivity index is 1.55. The number of nitrogens with zero attached hydrogens (tertiary/aromatic N) is 1. The van der Waals surface area contributed by atoms with Crippen molar-refractivity contribution >= 4 is 28.9 Å². The number of rotatable bonds is 4. The van der Waals surface area contributed by atoms with Crippen molar-refractivity contribution < 1.29 is 9.53 Å². The summed E-state index contributed by atoms with van der Waals surface area (Å²) >= 11 is 5.89. The zero-order valence-electron chi connectivity index (χ0n) is 11.4. The molecule has 1 aliphatic rings. The number of carbonyl (C=O) groups is 1. The van der Waals surface area contributed by atoms with Gasteiger partial charge in [0.05, 0.1) is 5.69 Å². The van der Waals surface area contributed by atoms with E-state index in [2.05, 4.69) is 5.32 Å². The van der Waals surface area contributed by atoms with Crippen LogP contribution >= 0.6 is 11.6 Å². The number of nitrogens with one attached hydrogen (secondary N) is 1. The fourth-order valence-corrected chi connectivity index (χ4v) is 2.46. The van der Waals surface area contributed by atoms with Crippen molar-refractivity contribution in [2.24, 2.45) is 0 Å². The van der Waals surface area contributed by atoms with E-state index >= 15 is 0 Å². The van der Waals surface area contributed by atoms with Crippen LogP contribution in [0.4, 0.5) is 11.4 Å². The van der Waals surface area contributed by atoms with Crippen molar-refractivity contribution in [3.63, 3.8) is 0 Å². The molecule has 2 aromatic carbocycles. The molecule has 1 aliphatic heterocycles. The van der Waals surface area contributed by atoms with Gasteiger partial charge in [0.2, 0.25) is 5.91 Å². The highest BCUT2D eigenvalue weighted by Crippen LogP contribution is 2.33. The van der Waals surface area contributed by atoms with Gasteiger partial charge in [-0.1, -0.05) is 29.8 Å². The van der Waals surface area contributed by atoms with Crippen LogP contribution in [0.1, 0.15) is 6.42 Å². The lowest BCUT2D eigenvalue weighted by Crippen LogP contribution is -2.27. The van der Waals surface area contributed by atoms with Crippen LogP contribution in [0.3, 0.4) is 0 Å². The van der Waals surface area contributed by atoms with Gasteiger partial charge in [-0.15, -0.1) is 0 Å². The van der Waals surface area contributed by atoms with Crippen molar-refractivity contribution in [3.05, 3.63) is 53.6 Å². The third-order valence-electron chi connectivity index (χ3n) is 3.30. The van der Waals surface area contributed by atoms with Crippen LogP contribution in [-0.2, 0) is 4.79 Å². The molecular formula is C16H15ClN2O2. The van der Waals surface area contributed by atoms with Crippen molar-refractivity contribution in [2.75, 3.05) is 23.5 Å². The summed E-state index contributed by atoms with van der Waals surface area (Å²) in [6, 6.07) is 15.0. The second-order valence-electron chi connectivity index (χ2n) is 4.81. The first-order chi connectivity index (χ1) is 10.2. The fourth-order valence-electron chi connectivity index (χ4n) is 2.27. The molecule has 4 nitrogen and oxygen atoms in total. The molecule has 0 spiro atoms. The molecule has 0 unspecified atom stereocenters. The predicted octanol–water partition coefficient (Wildman–Crippen LogP) is 3.53. The Labute approximate surface area is 128 Å². The number of hydrogen-bond acceptors (Lipinski definition) is 3. The summed E-state index contributed by atoms with van der Waals surface area (Å²) in [5.41, 5.74) is 1.75. The van der Waals surface area contributed by atoms with Crippen molar-refractivity contribution in [2.45, 2.75) is 6.42 Å². The highest BCUT2D eigenvalue weighted by Gasteiger charge is 2.19. The maximum atomic E-state index is 12.0. The van der Waals surface area contributed by atoms with Crippen LogP contribution in [0.25, 0.3) is 0 Å². The lowest BCUT2D eigenvalue weighted by atomic mass is 10.2. The van der Waals surface area contributed by atoms with Crippen LogP contribution in [0.5, 0.6) is 5.75 Å². The van der Waals surface area contributed by atoms with Gasteiger partial charge in [0.25, 0.3) is 0 Å². The third-order valence-corrected chi connectivity index (χ3v) is 3.53. The van der Waals surface area contributed by atoms with Gasteiger partial charge in [0.15, 0.2) is 6.73 Å². The van der Waals surface area contributed by atoms with Gasteiger partial charge < -0.3 is 15.0 Å². The molecule has 1 amide bonds. The van der Waals surface area contributed by atoms with Gasteiger partial charge in [0, 0.05) is 23.7 Å². The van der Waals surface area contributed by atoms with Crippen molar-refractivity contribution in [1.82, 2.24) is 0 Å². The molecule has 1 heterocycles. The number of ether oxygens (including phenoxy) is 1. The Morgan fingerprint density at radius 3 is 2.95 bits per heavy atom. The van der Waals surface area contributed by atoms with E-state index in [1.807, 2.05) is 41.3 Å². The number of fused-ring (bicyclic) bond motifs is 1. The molecule has 0 aliphatic carbocycles.